The summed E-state index contributed by atoms with van der Waals surface area (Å²) in [6, 6.07) is 0. The summed E-state index contributed by atoms with van der Waals surface area (Å²) in [4.78, 5) is 0. The minimum absolute atomic E-state index is 0.399. The molecule has 6 heteroatoms. The summed E-state index contributed by atoms with van der Waals surface area (Å²) in [6.07, 6.45) is 9.27. The van der Waals surface area contributed by atoms with E-state index in [9.17, 15) is 8.42 Å². The van der Waals surface area contributed by atoms with Gasteiger partial charge in [0.15, 0.2) is 0 Å². The van der Waals surface area contributed by atoms with E-state index in [1.807, 2.05) is 0 Å². The molecule has 1 aliphatic heterocycles. The van der Waals surface area contributed by atoms with Crippen molar-refractivity contribution in [2.75, 3.05) is 19.6 Å². The molecule has 0 bridgehead atoms. The van der Waals surface area contributed by atoms with Crippen molar-refractivity contribution >= 4 is 10.2 Å². The first kappa shape index (κ1) is 15.2. The maximum absolute atomic E-state index is 12.5. The van der Waals surface area contributed by atoms with E-state index in [-0.39, 0.29) is 0 Å². The van der Waals surface area contributed by atoms with Gasteiger partial charge in [-0.05, 0) is 25.7 Å². The van der Waals surface area contributed by atoms with Gasteiger partial charge in [-0.3, -0.25) is 0 Å². The van der Waals surface area contributed by atoms with Crippen molar-refractivity contribution in [3.63, 3.8) is 0 Å². The molecular formula is C13H27N3O2S. The average Bonchev–Trinajstić information content (AvgIpc) is 2.69. The van der Waals surface area contributed by atoms with Crippen LogP contribution in [0.1, 0.15) is 57.8 Å². The second-order valence-electron chi connectivity index (χ2n) is 5.97. The van der Waals surface area contributed by atoms with Gasteiger partial charge in [0.05, 0.1) is 0 Å². The lowest BCUT2D eigenvalue weighted by molar-refractivity contribution is 0.267. The van der Waals surface area contributed by atoms with Crippen LogP contribution in [-0.2, 0) is 10.2 Å². The van der Waals surface area contributed by atoms with Gasteiger partial charge in [-0.1, -0.05) is 32.1 Å². The van der Waals surface area contributed by atoms with Gasteiger partial charge in [0, 0.05) is 25.2 Å². The van der Waals surface area contributed by atoms with Gasteiger partial charge >= 0.3 is 0 Å². The van der Waals surface area contributed by atoms with Crippen molar-refractivity contribution in [2.24, 2.45) is 5.73 Å². The standard InChI is InChI=1S/C13H27N3O2S/c14-12-13(8-4-3-5-9-13)15-19(17,18)16-10-6-1-2-7-11-16/h15H,1-12,14H2. The van der Waals surface area contributed by atoms with Crippen LogP contribution in [-0.4, -0.2) is 37.9 Å². The highest BCUT2D eigenvalue weighted by molar-refractivity contribution is 7.87. The Labute approximate surface area is 117 Å². The van der Waals surface area contributed by atoms with E-state index in [0.29, 0.717) is 19.6 Å². The Kier molecular flexibility index (Phi) is 5.22. The third kappa shape index (κ3) is 3.90. The van der Waals surface area contributed by atoms with Gasteiger partial charge in [-0.15, -0.1) is 0 Å². The SMILES string of the molecule is NCC1(NS(=O)(=O)N2CCCCCC2)CCCCC1. The largest absolute Gasteiger partial charge is 0.329 e. The molecule has 0 amide bonds. The Morgan fingerprint density at radius 3 is 2.00 bits per heavy atom. The van der Waals surface area contributed by atoms with E-state index in [0.717, 1.165) is 51.4 Å². The fourth-order valence-electron chi connectivity index (χ4n) is 3.20. The lowest BCUT2D eigenvalue weighted by atomic mass is 9.83. The molecule has 1 heterocycles. The van der Waals surface area contributed by atoms with E-state index >= 15 is 0 Å². The first-order chi connectivity index (χ1) is 9.08. The molecule has 1 aliphatic carbocycles. The zero-order chi connectivity index (χ0) is 13.8. The number of hydrogen-bond donors (Lipinski definition) is 2. The van der Waals surface area contributed by atoms with Crippen LogP contribution in [0.15, 0.2) is 0 Å². The summed E-state index contributed by atoms with van der Waals surface area (Å²) in [5.74, 6) is 0. The number of nitrogens with zero attached hydrogens (tertiary/aromatic N) is 1. The molecule has 2 rings (SSSR count). The van der Waals surface area contributed by atoms with Gasteiger partial charge in [0.25, 0.3) is 10.2 Å². The second kappa shape index (κ2) is 6.52. The third-order valence-electron chi connectivity index (χ3n) is 4.45. The van der Waals surface area contributed by atoms with Crippen LogP contribution in [0.25, 0.3) is 0 Å². The highest BCUT2D eigenvalue weighted by Gasteiger charge is 2.37. The predicted molar refractivity (Wildman–Crippen MR) is 77.0 cm³/mol. The molecule has 19 heavy (non-hydrogen) atoms. The monoisotopic (exact) mass is 289 g/mol. The molecule has 0 atom stereocenters. The third-order valence-corrected chi connectivity index (χ3v) is 6.19. The van der Waals surface area contributed by atoms with Crippen molar-refractivity contribution in [2.45, 2.75) is 63.3 Å². The van der Waals surface area contributed by atoms with E-state index in [2.05, 4.69) is 4.72 Å². The first-order valence-electron chi connectivity index (χ1n) is 7.57. The summed E-state index contributed by atoms with van der Waals surface area (Å²) in [5, 5.41) is 0. The summed E-state index contributed by atoms with van der Waals surface area (Å²) >= 11 is 0. The van der Waals surface area contributed by atoms with Crippen molar-refractivity contribution in [1.82, 2.24) is 9.03 Å². The molecule has 2 fully saturated rings. The summed E-state index contributed by atoms with van der Waals surface area (Å²) in [6.45, 7) is 1.70. The Morgan fingerprint density at radius 2 is 1.47 bits per heavy atom. The topological polar surface area (TPSA) is 75.4 Å². The van der Waals surface area contributed by atoms with Gasteiger partial charge in [0.1, 0.15) is 0 Å². The van der Waals surface area contributed by atoms with Crippen molar-refractivity contribution in [3.8, 4) is 0 Å². The van der Waals surface area contributed by atoms with Crippen LogP contribution in [0.4, 0.5) is 0 Å². The summed E-state index contributed by atoms with van der Waals surface area (Å²) < 4.78 is 29.6. The predicted octanol–water partition coefficient (Wildman–Crippen LogP) is 1.36. The highest BCUT2D eigenvalue weighted by atomic mass is 32.2. The molecule has 3 N–H and O–H groups in total. The lowest BCUT2D eigenvalue weighted by Gasteiger charge is -2.38. The fraction of sp³-hybridized carbons (Fsp3) is 1.00. The molecule has 5 nitrogen and oxygen atoms in total. The van der Waals surface area contributed by atoms with Crippen molar-refractivity contribution in [3.05, 3.63) is 0 Å². The van der Waals surface area contributed by atoms with Crippen LogP contribution in [0.5, 0.6) is 0 Å². The second-order valence-corrected chi connectivity index (χ2v) is 7.64. The number of rotatable bonds is 4. The molecule has 1 saturated heterocycles. The van der Waals surface area contributed by atoms with E-state index < -0.39 is 15.7 Å². The molecule has 0 aromatic heterocycles. The highest BCUT2D eigenvalue weighted by Crippen LogP contribution is 2.28. The maximum atomic E-state index is 12.5. The zero-order valence-corrected chi connectivity index (χ0v) is 12.6. The lowest BCUT2D eigenvalue weighted by Crippen LogP contribution is -2.58. The number of nitrogens with one attached hydrogen (secondary N) is 1. The summed E-state index contributed by atoms with van der Waals surface area (Å²) in [7, 11) is -3.37. The van der Waals surface area contributed by atoms with Crippen LogP contribution in [0, 0.1) is 0 Å². The number of nitrogens with two attached hydrogens (primary N) is 1. The molecule has 0 spiro atoms. The minimum Gasteiger partial charge on any atom is -0.329 e. The Bertz CT molecular complexity index is 369. The van der Waals surface area contributed by atoms with Crippen molar-refractivity contribution < 1.29 is 8.42 Å². The fourth-order valence-corrected chi connectivity index (χ4v) is 4.90. The molecule has 0 radical (unpaired) electrons. The molecule has 2 aliphatic rings. The molecule has 1 saturated carbocycles. The molecule has 0 aromatic rings. The van der Waals surface area contributed by atoms with E-state index in [4.69, 9.17) is 5.73 Å². The normalized spacial score (nSPS) is 25.9. The minimum atomic E-state index is -3.37. The van der Waals surface area contributed by atoms with E-state index in [1.165, 1.54) is 6.42 Å². The van der Waals surface area contributed by atoms with Gasteiger partial charge in [-0.2, -0.15) is 17.4 Å². The Hall–Kier alpha value is -0.170. The van der Waals surface area contributed by atoms with Crippen LogP contribution < -0.4 is 10.5 Å². The van der Waals surface area contributed by atoms with Crippen LogP contribution in [0.3, 0.4) is 0 Å². The quantitative estimate of drug-likeness (QED) is 0.820. The maximum Gasteiger partial charge on any atom is 0.279 e. The Balaban J connectivity index is 2.05. The van der Waals surface area contributed by atoms with Crippen LogP contribution >= 0.6 is 0 Å². The van der Waals surface area contributed by atoms with E-state index in [1.54, 1.807) is 4.31 Å². The molecule has 0 aromatic carbocycles. The average molecular weight is 289 g/mol. The van der Waals surface area contributed by atoms with Gasteiger partial charge in [0.2, 0.25) is 0 Å². The molecule has 0 unspecified atom stereocenters. The molecular weight excluding hydrogens is 262 g/mol. The summed E-state index contributed by atoms with van der Waals surface area (Å²) in [5.41, 5.74) is 5.46. The van der Waals surface area contributed by atoms with Gasteiger partial charge < -0.3 is 5.73 Å². The number of hydrogen-bond acceptors (Lipinski definition) is 3. The first-order valence-corrected chi connectivity index (χ1v) is 9.01. The molecule has 112 valence electrons. The van der Waals surface area contributed by atoms with Crippen molar-refractivity contribution in [1.29, 1.82) is 0 Å². The Morgan fingerprint density at radius 1 is 0.947 bits per heavy atom. The van der Waals surface area contributed by atoms with Gasteiger partial charge in [-0.25, -0.2) is 0 Å². The van der Waals surface area contributed by atoms with Crippen LogP contribution in [0.2, 0.25) is 0 Å². The zero-order valence-electron chi connectivity index (χ0n) is 11.7. The smallest absolute Gasteiger partial charge is 0.279 e.